The van der Waals surface area contributed by atoms with E-state index in [9.17, 15) is 0 Å². The minimum Gasteiger partial charge on any atom is -0.257 e. The first-order chi connectivity index (χ1) is 4.85. The molecule has 62 valence electrons. The van der Waals surface area contributed by atoms with Crippen LogP contribution in [-0.4, -0.2) is 5.23 Å². The third-order valence-corrected chi connectivity index (χ3v) is 0.529. The SMILES string of the molecule is NNNN(NNN)NNN. The molecule has 0 aromatic carbocycles. The third kappa shape index (κ3) is 4.48. The molecular weight excluding hydrogens is 140 g/mol. The van der Waals surface area contributed by atoms with Crippen molar-refractivity contribution < 1.29 is 0 Å². The first-order valence-electron chi connectivity index (χ1n) is 2.29. The lowest BCUT2D eigenvalue weighted by Gasteiger charge is -2.21. The van der Waals surface area contributed by atoms with E-state index in [0.717, 1.165) is 5.23 Å². The number of hydrogen-bond acceptors (Lipinski definition) is 10. The third-order valence-electron chi connectivity index (χ3n) is 0.529. The highest BCUT2D eigenvalue weighted by molar-refractivity contribution is 4.16. The maximum atomic E-state index is 4.87. The number of hydrogen-bond donors (Lipinski definition) is 9. The normalized spacial score (nSPS) is 10.8. The van der Waals surface area contributed by atoms with Gasteiger partial charge in [-0.05, 0) is 0 Å². The fourth-order valence-corrected chi connectivity index (χ4v) is 0.278. The Kier molecular flexibility index (Phi) is 6.45. The van der Waals surface area contributed by atoms with E-state index in [0.29, 0.717) is 0 Å². The summed E-state index contributed by atoms with van der Waals surface area (Å²) in [5.74, 6) is 14.6. The lowest BCUT2D eigenvalue weighted by atomic mass is 11.9. The van der Waals surface area contributed by atoms with Gasteiger partial charge in [-0.15, -0.1) is 16.6 Å². The minimum absolute atomic E-state index is 1.08. The maximum absolute atomic E-state index is 4.87. The quantitative estimate of drug-likeness (QED) is 0.133. The fraction of sp³-hybridized carbons (Fsp3) is 0. The smallest absolute Gasteiger partial charge is 0.0662 e. The van der Waals surface area contributed by atoms with Gasteiger partial charge in [0.05, 0.1) is 0 Å². The first kappa shape index (κ1) is 9.60. The molecule has 0 fully saturated rings. The molecule has 0 aliphatic carbocycles. The summed E-state index contributed by atoms with van der Waals surface area (Å²) in [6.07, 6.45) is 0. The molecule has 0 saturated carbocycles. The molecule has 0 aliphatic heterocycles. The van der Waals surface area contributed by atoms with Gasteiger partial charge >= 0.3 is 0 Å². The van der Waals surface area contributed by atoms with Gasteiger partial charge in [0.15, 0.2) is 0 Å². The molecule has 0 atom stereocenters. The summed E-state index contributed by atoms with van der Waals surface area (Å²) in [6, 6.07) is 0. The fourth-order valence-electron chi connectivity index (χ4n) is 0.278. The first-order valence-corrected chi connectivity index (χ1v) is 2.29. The molecule has 0 rings (SSSR count). The van der Waals surface area contributed by atoms with Crippen molar-refractivity contribution in [2.45, 2.75) is 0 Å². The van der Waals surface area contributed by atoms with Crippen LogP contribution < -0.4 is 50.7 Å². The highest BCUT2D eigenvalue weighted by Crippen LogP contribution is 1.50. The minimum atomic E-state index is 1.08. The Morgan fingerprint density at radius 1 is 0.700 bits per heavy atom. The molecule has 10 heteroatoms. The van der Waals surface area contributed by atoms with E-state index in [1.165, 1.54) is 0 Å². The molecule has 10 nitrogen and oxygen atoms in total. The van der Waals surface area contributed by atoms with Gasteiger partial charge in [-0.3, -0.25) is 17.5 Å². The van der Waals surface area contributed by atoms with E-state index in [2.05, 4.69) is 33.2 Å². The second-order valence-corrected chi connectivity index (χ2v) is 1.10. The predicted octanol–water partition coefficient (Wildman–Crippen LogP) is -5.06. The molecule has 12 N–H and O–H groups in total. The van der Waals surface area contributed by atoms with Crippen LogP contribution in [0.5, 0.6) is 0 Å². The van der Waals surface area contributed by atoms with Crippen molar-refractivity contribution in [3.63, 3.8) is 0 Å². The number of nitrogens with one attached hydrogen (secondary N) is 6. The van der Waals surface area contributed by atoms with E-state index >= 15 is 0 Å². The molecule has 0 saturated heterocycles. The van der Waals surface area contributed by atoms with Gasteiger partial charge in [0.2, 0.25) is 0 Å². The van der Waals surface area contributed by atoms with Crippen molar-refractivity contribution >= 4 is 0 Å². The Morgan fingerprint density at radius 2 is 1.00 bits per heavy atom. The highest BCUT2D eigenvalue weighted by atomic mass is 16.1. The summed E-state index contributed by atoms with van der Waals surface area (Å²) in [5.41, 5.74) is 13.3. The summed E-state index contributed by atoms with van der Waals surface area (Å²) < 4.78 is 0. The number of nitrogens with two attached hydrogens (primary N) is 3. The topological polar surface area (TPSA) is 153 Å². The zero-order valence-corrected chi connectivity index (χ0v) is 5.18. The number of rotatable bonds is 6. The zero-order valence-electron chi connectivity index (χ0n) is 5.18. The van der Waals surface area contributed by atoms with Gasteiger partial charge in [-0.2, -0.15) is 16.6 Å². The van der Waals surface area contributed by atoms with Crippen LogP contribution in [0.15, 0.2) is 0 Å². The van der Waals surface area contributed by atoms with Gasteiger partial charge in [-0.25, -0.2) is 0 Å². The van der Waals surface area contributed by atoms with Crippen molar-refractivity contribution in [3.05, 3.63) is 0 Å². The van der Waals surface area contributed by atoms with Crippen molar-refractivity contribution in [1.82, 2.24) is 38.4 Å². The van der Waals surface area contributed by atoms with Crippen LogP contribution in [-0.2, 0) is 0 Å². The molecular formula is H12N10. The second-order valence-electron chi connectivity index (χ2n) is 1.10. The Bertz CT molecular complexity index is 42.8. The van der Waals surface area contributed by atoms with Gasteiger partial charge in [0.25, 0.3) is 0 Å². The largest absolute Gasteiger partial charge is 0.257 e. The molecule has 10 heavy (non-hydrogen) atoms. The molecule has 0 heterocycles. The monoisotopic (exact) mass is 152 g/mol. The second kappa shape index (κ2) is 6.72. The van der Waals surface area contributed by atoms with Gasteiger partial charge < -0.3 is 0 Å². The molecule has 0 aromatic heterocycles. The molecule has 0 aliphatic rings. The van der Waals surface area contributed by atoms with E-state index in [1.807, 2.05) is 0 Å². The van der Waals surface area contributed by atoms with Crippen LogP contribution in [0.1, 0.15) is 0 Å². The molecule has 0 bridgehead atoms. The van der Waals surface area contributed by atoms with Crippen molar-refractivity contribution in [3.8, 4) is 0 Å². The molecule has 0 amide bonds. The average molecular weight is 152 g/mol. The average Bonchev–Trinajstić information content (AvgIpc) is 1.90. The summed E-state index contributed by atoms with van der Waals surface area (Å²) >= 11 is 0. The molecule has 0 unspecified atom stereocenters. The van der Waals surface area contributed by atoms with Gasteiger partial charge in [-0.1, -0.05) is 5.23 Å². The van der Waals surface area contributed by atoms with E-state index in [4.69, 9.17) is 17.5 Å². The Balaban J connectivity index is 3.30. The maximum Gasteiger partial charge on any atom is -0.0662 e. The molecule has 0 spiro atoms. The summed E-state index contributed by atoms with van der Waals surface area (Å²) in [6.45, 7) is 0. The van der Waals surface area contributed by atoms with Crippen molar-refractivity contribution in [2.75, 3.05) is 0 Å². The summed E-state index contributed by atoms with van der Waals surface area (Å²) in [5, 5.41) is 1.08. The van der Waals surface area contributed by atoms with Gasteiger partial charge in [0.1, 0.15) is 0 Å². The Hall–Kier alpha value is -0.400. The zero-order chi connectivity index (χ0) is 7.82. The Morgan fingerprint density at radius 3 is 1.20 bits per heavy atom. The van der Waals surface area contributed by atoms with Crippen LogP contribution in [0.4, 0.5) is 0 Å². The van der Waals surface area contributed by atoms with E-state index in [-0.39, 0.29) is 0 Å². The highest BCUT2D eigenvalue weighted by Gasteiger charge is 1.95. The van der Waals surface area contributed by atoms with Crippen LogP contribution in [0.3, 0.4) is 0 Å². The van der Waals surface area contributed by atoms with Crippen molar-refractivity contribution in [1.29, 1.82) is 0 Å². The van der Waals surface area contributed by atoms with Crippen LogP contribution in [0.25, 0.3) is 0 Å². The summed E-state index contributed by atoms with van der Waals surface area (Å²) in [4.78, 5) is 0. The van der Waals surface area contributed by atoms with Crippen LogP contribution >= 0.6 is 0 Å². The summed E-state index contributed by atoms with van der Waals surface area (Å²) in [7, 11) is 0. The van der Waals surface area contributed by atoms with E-state index in [1.54, 1.807) is 0 Å². The lowest BCUT2D eigenvalue weighted by molar-refractivity contribution is -0.0148. The Labute approximate surface area is 57.2 Å². The van der Waals surface area contributed by atoms with Gasteiger partial charge in [0, 0.05) is 0 Å². The number of nitrogens with zero attached hydrogens (tertiary/aromatic N) is 1. The van der Waals surface area contributed by atoms with Crippen LogP contribution in [0, 0.1) is 0 Å². The molecule has 0 aromatic rings. The predicted molar refractivity (Wildman–Crippen MR) is 33.2 cm³/mol. The standard InChI is InChI=1S/H12N10/c1-4-7-10(8-5-2)9-6-3/h4-9H,1-3H2. The van der Waals surface area contributed by atoms with Crippen LogP contribution in [0.2, 0.25) is 0 Å². The van der Waals surface area contributed by atoms with E-state index < -0.39 is 0 Å². The lowest BCUT2D eigenvalue weighted by Crippen LogP contribution is -2.69. The number of hydrazine groups is 9. The molecule has 0 radical (unpaired) electrons. The van der Waals surface area contributed by atoms with Crippen molar-refractivity contribution in [2.24, 2.45) is 17.5 Å².